The molecule has 0 aliphatic carbocycles. The van der Waals surface area contributed by atoms with Gasteiger partial charge < -0.3 is 15.0 Å². The summed E-state index contributed by atoms with van der Waals surface area (Å²) in [5.74, 6) is -0.0276. The Bertz CT molecular complexity index is 590. The van der Waals surface area contributed by atoms with E-state index in [4.69, 9.17) is 4.74 Å². The highest BCUT2D eigenvalue weighted by molar-refractivity contribution is 5.96. The van der Waals surface area contributed by atoms with Gasteiger partial charge in [0.05, 0.1) is 6.61 Å². The van der Waals surface area contributed by atoms with Crippen LogP contribution in [0.3, 0.4) is 0 Å². The molecular formula is C18H26N2O3. The van der Waals surface area contributed by atoms with Gasteiger partial charge in [-0.3, -0.25) is 4.79 Å². The number of amides is 2. The Morgan fingerprint density at radius 3 is 2.35 bits per heavy atom. The van der Waals surface area contributed by atoms with E-state index in [0.29, 0.717) is 19.7 Å². The summed E-state index contributed by atoms with van der Waals surface area (Å²) in [6.45, 7) is 9.47. The van der Waals surface area contributed by atoms with Crippen LogP contribution in [0.15, 0.2) is 12.1 Å². The molecule has 0 aromatic heterocycles. The van der Waals surface area contributed by atoms with Crippen molar-refractivity contribution in [2.24, 2.45) is 0 Å². The molecule has 0 radical (unpaired) electrons. The molecule has 126 valence electrons. The maximum absolute atomic E-state index is 12.5. The molecule has 0 atom stereocenters. The number of likely N-dealkylation sites (tertiary alicyclic amines) is 1. The van der Waals surface area contributed by atoms with E-state index in [9.17, 15) is 9.59 Å². The number of rotatable bonds is 3. The molecule has 1 fully saturated rings. The second kappa shape index (κ2) is 7.49. The average Bonchev–Trinajstić information content (AvgIpc) is 2.51. The second-order valence-corrected chi connectivity index (χ2v) is 6.19. The predicted molar refractivity (Wildman–Crippen MR) is 89.7 cm³/mol. The number of hydrogen-bond donors (Lipinski definition) is 1. The molecule has 1 aromatic rings. The van der Waals surface area contributed by atoms with Gasteiger partial charge in [-0.2, -0.15) is 0 Å². The molecule has 1 N–H and O–H groups in total. The first kappa shape index (κ1) is 17.3. The highest BCUT2D eigenvalue weighted by Crippen LogP contribution is 2.17. The molecular weight excluding hydrogens is 292 g/mol. The SMILES string of the molecule is CCOC(=O)N1CCC(NC(=O)c2cc(C)c(C)cc2C)CC1. The van der Waals surface area contributed by atoms with Crippen LogP contribution in [0.2, 0.25) is 0 Å². The van der Waals surface area contributed by atoms with Crippen molar-refractivity contribution in [3.05, 3.63) is 34.4 Å². The predicted octanol–water partition coefficient (Wildman–Crippen LogP) is 2.96. The summed E-state index contributed by atoms with van der Waals surface area (Å²) in [7, 11) is 0. The van der Waals surface area contributed by atoms with Crippen molar-refractivity contribution < 1.29 is 14.3 Å². The molecule has 0 bridgehead atoms. The molecule has 5 heteroatoms. The fraction of sp³-hybridized carbons (Fsp3) is 0.556. The molecule has 1 aliphatic rings. The van der Waals surface area contributed by atoms with Crippen LogP contribution >= 0.6 is 0 Å². The minimum absolute atomic E-state index is 0.0276. The van der Waals surface area contributed by atoms with Crippen molar-refractivity contribution in [3.63, 3.8) is 0 Å². The zero-order chi connectivity index (χ0) is 17.0. The largest absolute Gasteiger partial charge is 0.450 e. The van der Waals surface area contributed by atoms with Gasteiger partial charge in [0.25, 0.3) is 5.91 Å². The van der Waals surface area contributed by atoms with Gasteiger partial charge in [-0.15, -0.1) is 0 Å². The van der Waals surface area contributed by atoms with E-state index in [-0.39, 0.29) is 18.0 Å². The fourth-order valence-corrected chi connectivity index (χ4v) is 2.89. The van der Waals surface area contributed by atoms with Gasteiger partial charge in [0.15, 0.2) is 0 Å². The molecule has 2 amide bonds. The minimum atomic E-state index is -0.262. The smallest absolute Gasteiger partial charge is 0.409 e. The van der Waals surface area contributed by atoms with Crippen molar-refractivity contribution in [2.75, 3.05) is 19.7 Å². The average molecular weight is 318 g/mol. The number of aryl methyl sites for hydroxylation is 3. The summed E-state index contributed by atoms with van der Waals surface area (Å²) in [6.07, 6.45) is 1.25. The summed E-state index contributed by atoms with van der Waals surface area (Å²) in [5.41, 5.74) is 4.05. The summed E-state index contributed by atoms with van der Waals surface area (Å²) in [4.78, 5) is 25.9. The molecule has 1 aliphatic heterocycles. The normalized spacial score (nSPS) is 15.4. The number of hydrogen-bond acceptors (Lipinski definition) is 3. The van der Waals surface area contributed by atoms with Crippen molar-refractivity contribution in [1.82, 2.24) is 10.2 Å². The zero-order valence-corrected chi connectivity index (χ0v) is 14.4. The van der Waals surface area contributed by atoms with Gasteiger partial charge in [0.1, 0.15) is 0 Å². The number of piperidine rings is 1. The third kappa shape index (κ3) is 4.24. The summed E-state index contributed by atoms with van der Waals surface area (Å²) >= 11 is 0. The topological polar surface area (TPSA) is 58.6 Å². The number of nitrogens with one attached hydrogen (secondary N) is 1. The standard InChI is InChI=1S/C18H26N2O3/c1-5-23-18(22)20-8-6-15(7-9-20)19-17(21)16-11-13(3)12(2)10-14(16)4/h10-11,15H,5-9H2,1-4H3,(H,19,21). The van der Waals surface area contributed by atoms with E-state index in [1.54, 1.807) is 11.8 Å². The lowest BCUT2D eigenvalue weighted by molar-refractivity contribution is 0.0859. The Labute approximate surface area is 138 Å². The van der Waals surface area contributed by atoms with E-state index in [0.717, 1.165) is 29.5 Å². The van der Waals surface area contributed by atoms with Gasteiger partial charge in [0.2, 0.25) is 0 Å². The number of carbonyl (C=O) groups excluding carboxylic acids is 2. The first-order valence-corrected chi connectivity index (χ1v) is 8.22. The Morgan fingerprint density at radius 1 is 1.13 bits per heavy atom. The Kier molecular flexibility index (Phi) is 5.64. The Balaban J connectivity index is 1.93. The molecule has 1 aromatic carbocycles. The number of ether oxygens (including phenoxy) is 1. The minimum Gasteiger partial charge on any atom is -0.450 e. The summed E-state index contributed by atoms with van der Waals surface area (Å²) in [5, 5.41) is 3.10. The van der Waals surface area contributed by atoms with E-state index < -0.39 is 0 Å². The Hall–Kier alpha value is -2.04. The fourth-order valence-electron chi connectivity index (χ4n) is 2.89. The van der Waals surface area contributed by atoms with Crippen LogP contribution in [0, 0.1) is 20.8 Å². The van der Waals surface area contributed by atoms with Crippen LogP contribution in [-0.4, -0.2) is 42.6 Å². The van der Waals surface area contributed by atoms with E-state index in [2.05, 4.69) is 12.2 Å². The lowest BCUT2D eigenvalue weighted by Crippen LogP contribution is -2.46. The lowest BCUT2D eigenvalue weighted by atomic mass is 9.99. The van der Waals surface area contributed by atoms with Crippen molar-refractivity contribution in [1.29, 1.82) is 0 Å². The van der Waals surface area contributed by atoms with Crippen molar-refractivity contribution in [3.8, 4) is 0 Å². The van der Waals surface area contributed by atoms with E-state index >= 15 is 0 Å². The zero-order valence-electron chi connectivity index (χ0n) is 14.4. The molecule has 1 saturated heterocycles. The van der Waals surface area contributed by atoms with Crippen molar-refractivity contribution in [2.45, 2.75) is 46.6 Å². The van der Waals surface area contributed by atoms with Gasteiger partial charge in [-0.1, -0.05) is 6.07 Å². The second-order valence-electron chi connectivity index (χ2n) is 6.19. The third-order valence-electron chi connectivity index (χ3n) is 4.44. The van der Waals surface area contributed by atoms with Gasteiger partial charge >= 0.3 is 6.09 Å². The summed E-state index contributed by atoms with van der Waals surface area (Å²) < 4.78 is 5.01. The molecule has 0 saturated carbocycles. The number of carbonyl (C=O) groups is 2. The molecule has 2 rings (SSSR count). The van der Waals surface area contributed by atoms with E-state index in [1.165, 1.54) is 5.56 Å². The molecule has 1 heterocycles. The maximum atomic E-state index is 12.5. The first-order valence-electron chi connectivity index (χ1n) is 8.22. The van der Waals surface area contributed by atoms with Crippen LogP contribution in [0.25, 0.3) is 0 Å². The molecule has 5 nitrogen and oxygen atoms in total. The van der Waals surface area contributed by atoms with Crippen LogP contribution in [0.4, 0.5) is 4.79 Å². The maximum Gasteiger partial charge on any atom is 0.409 e. The van der Waals surface area contributed by atoms with Gasteiger partial charge in [-0.05, 0) is 63.3 Å². The van der Waals surface area contributed by atoms with E-state index in [1.807, 2.05) is 26.0 Å². The van der Waals surface area contributed by atoms with Crippen LogP contribution in [-0.2, 0) is 4.74 Å². The highest BCUT2D eigenvalue weighted by atomic mass is 16.6. The number of benzene rings is 1. The molecule has 23 heavy (non-hydrogen) atoms. The monoisotopic (exact) mass is 318 g/mol. The summed E-state index contributed by atoms with van der Waals surface area (Å²) in [6, 6.07) is 4.11. The third-order valence-corrected chi connectivity index (χ3v) is 4.44. The quantitative estimate of drug-likeness (QED) is 0.932. The van der Waals surface area contributed by atoms with Crippen LogP contribution in [0.1, 0.15) is 46.8 Å². The molecule has 0 unspecified atom stereocenters. The lowest BCUT2D eigenvalue weighted by Gasteiger charge is -2.31. The highest BCUT2D eigenvalue weighted by Gasteiger charge is 2.25. The van der Waals surface area contributed by atoms with Crippen LogP contribution < -0.4 is 5.32 Å². The van der Waals surface area contributed by atoms with Crippen molar-refractivity contribution >= 4 is 12.0 Å². The van der Waals surface area contributed by atoms with Gasteiger partial charge in [-0.25, -0.2) is 4.79 Å². The first-order chi connectivity index (χ1) is 10.9. The van der Waals surface area contributed by atoms with Crippen LogP contribution in [0.5, 0.6) is 0 Å². The number of nitrogens with zero attached hydrogens (tertiary/aromatic N) is 1. The van der Waals surface area contributed by atoms with Gasteiger partial charge in [0, 0.05) is 24.7 Å². The molecule has 0 spiro atoms. The Morgan fingerprint density at radius 2 is 1.74 bits per heavy atom.